The van der Waals surface area contributed by atoms with E-state index in [1.807, 2.05) is 0 Å². The largest absolute Gasteiger partial charge is 0.494 e. The zero-order chi connectivity index (χ0) is 15.6. The Bertz CT molecular complexity index is 414. The predicted octanol–water partition coefficient (Wildman–Crippen LogP) is 3.44. The Morgan fingerprint density at radius 3 is 2.64 bits per heavy atom. The van der Waals surface area contributed by atoms with Crippen molar-refractivity contribution in [3.05, 3.63) is 29.8 Å². The maximum Gasteiger partial charge on any atom is 0.119 e. The van der Waals surface area contributed by atoms with Crippen LogP contribution < -0.4 is 4.74 Å². The van der Waals surface area contributed by atoms with Gasteiger partial charge in [0.1, 0.15) is 5.75 Å². The van der Waals surface area contributed by atoms with Crippen molar-refractivity contribution in [2.75, 3.05) is 46.4 Å². The summed E-state index contributed by atoms with van der Waals surface area (Å²) in [6, 6.07) is 8.65. The third kappa shape index (κ3) is 6.37. The van der Waals surface area contributed by atoms with Gasteiger partial charge >= 0.3 is 0 Å². The van der Waals surface area contributed by atoms with Crippen LogP contribution in [0.3, 0.4) is 0 Å². The number of likely N-dealkylation sites (N-methyl/N-ethyl adjacent to an activating group) is 1. The summed E-state index contributed by atoms with van der Waals surface area (Å²) in [7, 11) is 2.21. The van der Waals surface area contributed by atoms with Crippen molar-refractivity contribution in [3.8, 4) is 5.75 Å². The minimum atomic E-state index is 0.846. The summed E-state index contributed by atoms with van der Waals surface area (Å²) < 4.78 is 5.84. The number of nitrogens with zero attached hydrogens (tertiary/aromatic N) is 2. The highest BCUT2D eigenvalue weighted by Gasteiger charge is 2.12. The Morgan fingerprint density at radius 1 is 1.05 bits per heavy atom. The van der Waals surface area contributed by atoms with Crippen LogP contribution in [-0.2, 0) is 6.42 Å². The molecular formula is C19H32N2O. The molecule has 1 fully saturated rings. The molecule has 0 saturated carbocycles. The smallest absolute Gasteiger partial charge is 0.119 e. The van der Waals surface area contributed by atoms with Gasteiger partial charge in [-0.05, 0) is 50.6 Å². The molecule has 22 heavy (non-hydrogen) atoms. The second kappa shape index (κ2) is 9.86. The Hall–Kier alpha value is -1.06. The third-order valence-electron chi connectivity index (χ3n) is 4.45. The van der Waals surface area contributed by atoms with E-state index in [1.54, 1.807) is 0 Å². The van der Waals surface area contributed by atoms with Gasteiger partial charge < -0.3 is 14.5 Å². The average Bonchev–Trinajstić information content (AvgIpc) is 2.54. The second-order valence-electron chi connectivity index (χ2n) is 6.45. The zero-order valence-electron chi connectivity index (χ0n) is 14.4. The number of aryl methyl sites for hydroxylation is 1. The van der Waals surface area contributed by atoms with Crippen molar-refractivity contribution in [2.24, 2.45) is 0 Å². The summed E-state index contributed by atoms with van der Waals surface area (Å²) in [6.45, 7) is 9.14. The van der Waals surface area contributed by atoms with Crippen LogP contribution in [0, 0.1) is 0 Å². The lowest BCUT2D eigenvalue weighted by atomic mass is 10.1. The van der Waals surface area contributed by atoms with Crippen molar-refractivity contribution < 1.29 is 4.74 Å². The Morgan fingerprint density at radius 2 is 1.86 bits per heavy atom. The Kier molecular flexibility index (Phi) is 7.75. The summed E-state index contributed by atoms with van der Waals surface area (Å²) in [5.41, 5.74) is 1.40. The van der Waals surface area contributed by atoms with Crippen LogP contribution >= 0.6 is 0 Å². The molecule has 0 amide bonds. The maximum atomic E-state index is 5.84. The summed E-state index contributed by atoms with van der Waals surface area (Å²) in [5, 5.41) is 0. The molecule has 3 heteroatoms. The van der Waals surface area contributed by atoms with Gasteiger partial charge in [0.2, 0.25) is 0 Å². The average molecular weight is 304 g/mol. The third-order valence-corrected chi connectivity index (χ3v) is 4.45. The molecule has 0 spiro atoms. The van der Waals surface area contributed by atoms with Gasteiger partial charge in [-0.15, -0.1) is 0 Å². The summed E-state index contributed by atoms with van der Waals surface area (Å²) in [6.07, 6.45) is 6.05. The number of unbranched alkanes of at least 4 members (excludes halogenated alkanes) is 2. The molecule has 0 aliphatic carbocycles. The lowest BCUT2D eigenvalue weighted by Gasteiger charge is -2.32. The summed E-state index contributed by atoms with van der Waals surface area (Å²) >= 11 is 0. The first-order chi connectivity index (χ1) is 10.8. The monoisotopic (exact) mass is 304 g/mol. The molecule has 1 aromatic rings. The van der Waals surface area contributed by atoms with Gasteiger partial charge in [0.05, 0.1) is 6.61 Å². The van der Waals surface area contributed by atoms with E-state index in [-0.39, 0.29) is 0 Å². The van der Waals surface area contributed by atoms with E-state index in [9.17, 15) is 0 Å². The topological polar surface area (TPSA) is 15.7 Å². The second-order valence-corrected chi connectivity index (χ2v) is 6.45. The van der Waals surface area contributed by atoms with Gasteiger partial charge in [0.15, 0.2) is 0 Å². The molecular weight excluding hydrogens is 272 g/mol. The molecule has 1 saturated heterocycles. The molecule has 0 bridgehead atoms. The molecule has 1 aliphatic heterocycles. The first kappa shape index (κ1) is 17.3. The first-order valence-electron chi connectivity index (χ1n) is 8.90. The molecule has 0 atom stereocenters. The normalized spacial score (nSPS) is 16.8. The Labute approximate surface area is 136 Å². The number of piperazine rings is 1. The van der Waals surface area contributed by atoms with Crippen molar-refractivity contribution in [1.82, 2.24) is 9.80 Å². The van der Waals surface area contributed by atoms with E-state index >= 15 is 0 Å². The van der Waals surface area contributed by atoms with E-state index in [0.29, 0.717) is 0 Å². The van der Waals surface area contributed by atoms with Crippen molar-refractivity contribution in [1.29, 1.82) is 0 Å². The van der Waals surface area contributed by atoms with Crippen LogP contribution in [0.1, 0.15) is 38.2 Å². The van der Waals surface area contributed by atoms with E-state index in [2.05, 4.69) is 48.0 Å². The van der Waals surface area contributed by atoms with E-state index in [0.717, 1.165) is 25.2 Å². The highest BCUT2D eigenvalue weighted by Crippen LogP contribution is 2.15. The molecule has 1 aliphatic rings. The zero-order valence-corrected chi connectivity index (χ0v) is 14.4. The Balaban J connectivity index is 1.66. The molecule has 0 N–H and O–H groups in total. The van der Waals surface area contributed by atoms with Gasteiger partial charge in [0.25, 0.3) is 0 Å². The van der Waals surface area contributed by atoms with Gasteiger partial charge in [-0.25, -0.2) is 0 Å². The fourth-order valence-electron chi connectivity index (χ4n) is 2.91. The predicted molar refractivity (Wildman–Crippen MR) is 93.7 cm³/mol. The number of rotatable bonds is 9. The molecule has 0 aromatic heterocycles. The van der Waals surface area contributed by atoms with Gasteiger partial charge in [0, 0.05) is 26.2 Å². The van der Waals surface area contributed by atoms with E-state index < -0.39 is 0 Å². The van der Waals surface area contributed by atoms with Crippen LogP contribution in [0.4, 0.5) is 0 Å². The van der Waals surface area contributed by atoms with E-state index in [1.165, 1.54) is 57.5 Å². The number of ether oxygens (including phenoxy) is 1. The fraction of sp³-hybridized carbons (Fsp3) is 0.684. The minimum Gasteiger partial charge on any atom is -0.494 e. The van der Waals surface area contributed by atoms with Crippen molar-refractivity contribution >= 4 is 0 Å². The van der Waals surface area contributed by atoms with E-state index in [4.69, 9.17) is 4.74 Å². The molecule has 1 heterocycles. The van der Waals surface area contributed by atoms with Gasteiger partial charge in [-0.2, -0.15) is 0 Å². The molecule has 0 unspecified atom stereocenters. The number of hydrogen-bond donors (Lipinski definition) is 0. The van der Waals surface area contributed by atoms with Crippen LogP contribution in [0.25, 0.3) is 0 Å². The highest BCUT2D eigenvalue weighted by atomic mass is 16.5. The molecule has 3 nitrogen and oxygen atoms in total. The summed E-state index contributed by atoms with van der Waals surface area (Å²) in [5.74, 6) is 1.04. The highest BCUT2D eigenvalue weighted by molar-refractivity contribution is 5.28. The SMILES string of the molecule is CCCCCOc1cccc(CCCN2CCN(C)CC2)c1. The lowest BCUT2D eigenvalue weighted by Crippen LogP contribution is -2.44. The number of hydrogen-bond acceptors (Lipinski definition) is 3. The molecule has 2 rings (SSSR count). The van der Waals surface area contributed by atoms with Crippen LogP contribution in [0.2, 0.25) is 0 Å². The standard InChI is InChI=1S/C19H32N2O/c1-3-4-5-16-22-19-10-6-8-18(17-19)9-7-11-21-14-12-20(2)13-15-21/h6,8,10,17H,3-5,7,9,11-16H2,1-2H3. The number of benzene rings is 1. The lowest BCUT2D eigenvalue weighted by molar-refractivity contribution is 0.153. The molecule has 124 valence electrons. The minimum absolute atomic E-state index is 0.846. The van der Waals surface area contributed by atoms with Crippen LogP contribution in [0.5, 0.6) is 5.75 Å². The fourth-order valence-corrected chi connectivity index (χ4v) is 2.91. The van der Waals surface area contributed by atoms with Crippen LogP contribution in [0.15, 0.2) is 24.3 Å². The molecule has 0 radical (unpaired) electrons. The first-order valence-corrected chi connectivity index (χ1v) is 8.90. The quantitative estimate of drug-likeness (QED) is 0.650. The maximum absolute atomic E-state index is 5.84. The van der Waals surface area contributed by atoms with Crippen molar-refractivity contribution in [2.45, 2.75) is 39.0 Å². The van der Waals surface area contributed by atoms with Crippen LogP contribution in [-0.4, -0.2) is 56.2 Å². The van der Waals surface area contributed by atoms with Gasteiger partial charge in [-0.3, -0.25) is 0 Å². The summed E-state index contributed by atoms with van der Waals surface area (Å²) in [4.78, 5) is 5.00. The van der Waals surface area contributed by atoms with Crippen molar-refractivity contribution in [3.63, 3.8) is 0 Å². The molecule has 1 aromatic carbocycles. The van der Waals surface area contributed by atoms with Gasteiger partial charge in [-0.1, -0.05) is 31.9 Å².